The maximum absolute atomic E-state index is 14.9. The summed E-state index contributed by atoms with van der Waals surface area (Å²) in [5.74, 6) is -2.17. The van der Waals surface area contributed by atoms with Gasteiger partial charge >= 0.3 is 5.97 Å². The minimum absolute atomic E-state index is 0.000107. The average molecular weight is 2040 g/mol. The number of carbonyl (C=O) groups excluding carboxylic acids is 14. The van der Waals surface area contributed by atoms with Crippen LogP contribution >= 0.6 is 0 Å². The highest BCUT2D eigenvalue weighted by atomic mass is 16.5. The predicted octanol–water partition coefficient (Wildman–Crippen LogP) is 10.5. The SMILES string of the molecule is C#CC(=O)NCCCC(=O)N(CCC(=O)NCCOCCOCCC(=O)NC(C)C(=O)CCCCC(=O)N(C)[C@H](CC[C@H](C(=O)N(C)[C@@H]([C@@H](C)CC)[C@@H](CC(=O)N1CCC[C@H]1[C@H](OC)[C@@H](C)C(=O)C[C@@H](Cc1ccccc1)C(=O)OC)OC)C(C)C)C(C)C)CCC(=O)NCCOCCOCCC(=O)N1C[C@@H]2CC(=C)CN2C(=O)c2cc(OC)c(OCCCCCOc3cc4c(cc3C)C(=O)N3CC(=C)C[C@H]3C=N4)cc21. The van der Waals surface area contributed by atoms with Gasteiger partial charge in [0, 0.05) is 168 Å². The molecule has 0 spiro atoms. The van der Waals surface area contributed by atoms with E-state index in [9.17, 15) is 67.1 Å². The van der Waals surface area contributed by atoms with Crippen molar-refractivity contribution in [1.29, 1.82) is 0 Å². The van der Waals surface area contributed by atoms with Crippen LogP contribution in [-0.4, -0.2) is 334 Å². The summed E-state index contributed by atoms with van der Waals surface area (Å²) in [6, 6.07) is 14.3. The van der Waals surface area contributed by atoms with Gasteiger partial charge in [0.05, 0.1) is 164 Å². The Balaban J connectivity index is 0.668. The van der Waals surface area contributed by atoms with Crippen molar-refractivity contribution in [3.8, 4) is 29.6 Å². The lowest BCUT2D eigenvalue weighted by molar-refractivity contribution is -0.149. The first-order chi connectivity index (χ1) is 70.0. The Morgan fingerprint density at radius 1 is 0.596 bits per heavy atom. The van der Waals surface area contributed by atoms with Crippen LogP contribution in [0.25, 0.3) is 0 Å². The molecular weight excluding hydrogens is 1870 g/mol. The normalized spacial score (nSPS) is 17.2. The van der Waals surface area contributed by atoms with E-state index in [1.165, 1.54) is 19.1 Å². The van der Waals surface area contributed by atoms with E-state index < -0.39 is 60.0 Å². The Kier molecular flexibility index (Phi) is 50.8. The molecule has 5 heterocycles. The summed E-state index contributed by atoms with van der Waals surface area (Å²) >= 11 is 0. The molecule has 0 aliphatic carbocycles. The van der Waals surface area contributed by atoms with Crippen LogP contribution in [0.5, 0.6) is 17.2 Å². The number of ketones is 2. The summed E-state index contributed by atoms with van der Waals surface area (Å²) in [6.07, 6.45) is 13.8. The summed E-state index contributed by atoms with van der Waals surface area (Å²) in [5, 5.41) is 10.8. The molecule has 3 aromatic rings. The first kappa shape index (κ1) is 120. The molecule has 3 fully saturated rings. The van der Waals surface area contributed by atoms with Crippen molar-refractivity contribution < 1.29 is 114 Å². The monoisotopic (exact) mass is 2040 g/mol. The predicted molar refractivity (Wildman–Crippen MR) is 554 cm³/mol. The van der Waals surface area contributed by atoms with E-state index in [2.05, 4.69) is 60.2 Å². The van der Waals surface area contributed by atoms with Gasteiger partial charge in [0.2, 0.25) is 47.3 Å². The number of Topliss-reactive ketones (excluding diaryl/α,β-unsaturated/α-hetero) is 2. The number of likely N-dealkylation sites (tertiary alicyclic amines) is 1. The second-order valence-corrected chi connectivity index (χ2v) is 39.6. The fourth-order valence-electron chi connectivity index (χ4n) is 19.8. The minimum Gasteiger partial charge on any atom is -0.493 e. The summed E-state index contributed by atoms with van der Waals surface area (Å²) < 4.78 is 58.4. The summed E-state index contributed by atoms with van der Waals surface area (Å²) in [4.78, 5) is 206. The molecular formula is C110H162N12O24. The smallest absolute Gasteiger partial charge is 0.309 e. The maximum atomic E-state index is 14.9. The summed E-state index contributed by atoms with van der Waals surface area (Å²) in [6.45, 7) is 29.6. The van der Waals surface area contributed by atoms with E-state index in [0.29, 0.717) is 143 Å². The quantitative estimate of drug-likeness (QED) is 0.0176. The van der Waals surface area contributed by atoms with Crippen LogP contribution in [0.15, 0.2) is 83.9 Å². The van der Waals surface area contributed by atoms with Crippen molar-refractivity contribution >= 4 is 100 Å². The molecule has 3 saturated heterocycles. The van der Waals surface area contributed by atoms with Crippen LogP contribution in [0.2, 0.25) is 0 Å². The van der Waals surface area contributed by atoms with E-state index in [-0.39, 0.29) is 263 Å². The zero-order chi connectivity index (χ0) is 107. The molecule has 1 unspecified atom stereocenters. The molecule has 5 aliphatic rings. The first-order valence-corrected chi connectivity index (χ1v) is 52.1. The maximum Gasteiger partial charge on any atom is 0.309 e. The van der Waals surface area contributed by atoms with E-state index >= 15 is 0 Å². The van der Waals surface area contributed by atoms with E-state index in [1.54, 1.807) is 78.8 Å². The number of nitrogens with one attached hydrogen (secondary N) is 4. The third-order valence-electron chi connectivity index (χ3n) is 28.4. The number of ether oxygens (including phenoxy) is 10. The molecule has 0 aromatic heterocycles. The number of unbranched alkanes of at least 4 members (excludes halogenated alkanes) is 3. The lowest BCUT2D eigenvalue weighted by Crippen LogP contribution is -2.54. The van der Waals surface area contributed by atoms with Gasteiger partial charge in [-0.2, -0.15) is 0 Å². The number of aryl methyl sites for hydroxylation is 1. The number of hydrogen-bond acceptors (Lipinski definition) is 25. The number of amides is 11. The minimum atomic E-state index is -0.767. The van der Waals surface area contributed by atoms with E-state index in [1.807, 2.05) is 87.2 Å². The van der Waals surface area contributed by atoms with Crippen molar-refractivity contribution in [3.63, 3.8) is 0 Å². The van der Waals surface area contributed by atoms with Gasteiger partial charge in [-0.3, -0.25) is 72.1 Å². The molecule has 3 aromatic carbocycles. The van der Waals surface area contributed by atoms with Crippen molar-refractivity contribution in [2.45, 2.75) is 258 Å². The molecule has 5 aliphatic heterocycles. The van der Waals surface area contributed by atoms with Crippen molar-refractivity contribution in [2.75, 3.05) is 172 Å². The number of esters is 1. The van der Waals surface area contributed by atoms with Crippen LogP contribution in [0, 0.1) is 54.8 Å². The molecule has 36 heteroatoms. The summed E-state index contributed by atoms with van der Waals surface area (Å²) in [5.41, 5.74) is 5.51. The first-order valence-electron chi connectivity index (χ1n) is 52.1. The van der Waals surface area contributed by atoms with Crippen LogP contribution in [0.4, 0.5) is 11.4 Å². The fourth-order valence-corrected chi connectivity index (χ4v) is 19.8. The highest BCUT2D eigenvalue weighted by Crippen LogP contribution is 2.42. The molecule has 806 valence electrons. The number of anilines is 1. The number of hydrogen-bond donors (Lipinski definition) is 4. The molecule has 12 atom stereocenters. The van der Waals surface area contributed by atoms with Crippen LogP contribution < -0.4 is 40.4 Å². The number of benzene rings is 3. The highest BCUT2D eigenvalue weighted by Gasteiger charge is 2.46. The van der Waals surface area contributed by atoms with Gasteiger partial charge < -0.3 is 103 Å². The Morgan fingerprint density at radius 3 is 1.84 bits per heavy atom. The second-order valence-electron chi connectivity index (χ2n) is 39.6. The molecule has 8 rings (SSSR count). The van der Waals surface area contributed by atoms with Gasteiger partial charge in [-0.05, 0) is 144 Å². The van der Waals surface area contributed by atoms with Crippen molar-refractivity contribution in [1.82, 2.24) is 50.7 Å². The molecule has 11 amide bonds. The molecule has 0 bridgehead atoms. The van der Waals surface area contributed by atoms with Gasteiger partial charge in [-0.25, -0.2) is 0 Å². The zero-order valence-corrected chi connectivity index (χ0v) is 88.9. The number of rotatable bonds is 67. The Bertz CT molecular complexity index is 4940. The largest absolute Gasteiger partial charge is 0.493 e. The van der Waals surface area contributed by atoms with E-state index in [0.717, 1.165) is 35.1 Å². The van der Waals surface area contributed by atoms with E-state index in [4.69, 9.17) is 53.8 Å². The second kappa shape index (κ2) is 62.0. The molecule has 36 nitrogen and oxygen atoms in total. The molecule has 146 heavy (non-hydrogen) atoms. The third-order valence-corrected chi connectivity index (χ3v) is 28.4. The Morgan fingerprint density at radius 2 is 1.22 bits per heavy atom. The topological polar surface area (TPSA) is 414 Å². The van der Waals surface area contributed by atoms with Crippen molar-refractivity contribution in [3.05, 3.63) is 101 Å². The highest BCUT2D eigenvalue weighted by molar-refractivity contribution is 6.08. The number of aliphatic imine (C=N–C) groups is 1. The average Bonchev–Trinajstić information content (AvgIpc) is 1.58. The fraction of sp³-hybridized carbons (Fsp3) is 0.645. The van der Waals surface area contributed by atoms with Gasteiger partial charge in [0.25, 0.3) is 17.7 Å². The number of methoxy groups -OCH3 is 4. The molecule has 0 radical (unpaired) electrons. The number of carbonyl (C=O) groups is 14. The Hall–Kier alpha value is -11.5. The number of likely N-dealkylation sites (N-methyl/N-ethyl adjacent to an activating group) is 1. The van der Waals surface area contributed by atoms with Crippen molar-refractivity contribution in [2.24, 2.45) is 40.5 Å². The van der Waals surface area contributed by atoms with Crippen LogP contribution in [-0.2, 0) is 97.1 Å². The third kappa shape index (κ3) is 36.5. The lowest BCUT2D eigenvalue weighted by atomic mass is 9.84. The molecule has 4 N–H and O–H groups in total. The van der Waals surface area contributed by atoms with Gasteiger partial charge in [0.15, 0.2) is 17.3 Å². The number of fused-ring (bicyclic) bond motifs is 4. The zero-order valence-electron chi connectivity index (χ0n) is 88.9. The van der Waals surface area contributed by atoms with Crippen LogP contribution in [0.3, 0.4) is 0 Å². The molecule has 0 saturated carbocycles. The van der Waals surface area contributed by atoms with Crippen LogP contribution in [0.1, 0.15) is 228 Å². The van der Waals surface area contributed by atoms with Gasteiger partial charge in [0.1, 0.15) is 11.5 Å². The lowest BCUT2D eigenvalue weighted by Gasteiger charge is -2.41. The van der Waals surface area contributed by atoms with Gasteiger partial charge in [-0.15, -0.1) is 6.42 Å². The Labute approximate surface area is 863 Å². The van der Waals surface area contributed by atoms with Gasteiger partial charge in [-0.1, -0.05) is 110 Å². The number of terminal acetylenes is 1. The standard InChI is InChI=1S/C110H162N12O24/c1-19-76(9)105(96(138-16)67-104(132)119-46-30-33-89(119)106(139-17)78(11)92(124)63-81(110(136)140-18)62-80-31-23-21-24-32-80)117(14)107(133)84(72(3)4)37-38-88(73(5)6)116(13)101(129)35-26-25-34-91(123)79(12)115-100(128)41-51-141-55-57-143-53-44-112-98(126)39-47-118(102(130)36-29-43-111-97(125)20-2)48-40-99(127)113-45-54-144-58-56-142-52-42-103(131)122-71-83-60-75(8)70-121(83)109(135)86-64-94(137-15)95(66-90(86)122)146-50-28-22-27-49-145-93-65-87-85(61-77(93)10)108(134)120-69-74(7)59-82(120)68-114-87/h2,21,23-24,31-32,61,64-66,68,72-73,76,78-79,81-84,88-89,96,105-106H,7-8,19,22,25-30,33-60,62-63,67,69-71H2,1,3-6,9-18H3,(H,111,125)(H,112,126)(H,113,127)(H,115,128)/t76-,78-,79?,81+,82-,83-,84-,88+,89-,96+,105-,106+/m0/s1. The number of nitrogens with zero attached hydrogens (tertiary/aromatic N) is 8. The summed E-state index contributed by atoms with van der Waals surface area (Å²) in [7, 11) is 9.51.